The summed E-state index contributed by atoms with van der Waals surface area (Å²) in [4.78, 5) is 0. The molecule has 0 aliphatic heterocycles. The Labute approximate surface area is 134 Å². The van der Waals surface area contributed by atoms with Crippen LogP contribution in [0, 0.1) is 5.82 Å². The molecule has 0 atom stereocenters. The van der Waals surface area contributed by atoms with Crippen molar-refractivity contribution in [3.8, 4) is 11.1 Å². The molecule has 0 bridgehead atoms. The molecule has 0 N–H and O–H groups in total. The Kier molecular flexibility index (Phi) is 6.40. The van der Waals surface area contributed by atoms with Crippen LogP contribution in [-0.2, 0) is 11.3 Å². The predicted molar refractivity (Wildman–Crippen MR) is 88.7 cm³/mol. The Morgan fingerprint density at radius 3 is 2.67 bits per heavy atom. The van der Waals surface area contributed by atoms with Gasteiger partial charge in [0.05, 0.1) is 11.1 Å². The zero-order valence-corrected chi connectivity index (χ0v) is 13.8. The van der Waals surface area contributed by atoms with Crippen molar-refractivity contribution in [3.05, 3.63) is 58.3 Å². The van der Waals surface area contributed by atoms with Crippen LogP contribution in [0.15, 0.2) is 46.9 Å². The van der Waals surface area contributed by atoms with Crippen LogP contribution in [0.25, 0.3) is 11.1 Å². The number of unbranched alkanes of at least 4 members (excludes halogenated alkanes) is 2. The third-order valence-corrected chi connectivity index (χ3v) is 4.04. The molecule has 0 heterocycles. The second-order valence-electron chi connectivity index (χ2n) is 5.05. The van der Waals surface area contributed by atoms with Gasteiger partial charge in [-0.1, -0.05) is 50.1 Å². The summed E-state index contributed by atoms with van der Waals surface area (Å²) in [5.41, 5.74) is 3.00. The zero-order chi connectivity index (χ0) is 15.1. The van der Waals surface area contributed by atoms with E-state index in [1.165, 1.54) is 12.8 Å². The van der Waals surface area contributed by atoms with Crippen molar-refractivity contribution < 1.29 is 9.13 Å². The number of hydrogen-bond donors (Lipinski definition) is 0. The SMILES string of the molecule is CCCCCOCc1ccccc1-c1ccc(Br)c(F)c1. The molecule has 0 unspecified atom stereocenters. The number of benzene rings is 2. The molecule has 21 heavy (non-hydrogen) atoms. The standard InChI is InChI=1S/C18H20BrFO/c1-2-3-6-11-21-13-15-7-4-5-8-16(15)14-9-10-17(19)18(20)12-14/h4-5,7-10,12H,2-3,6,11,13H2,1H3. The summed E-state index contributed by atoms with van der Waals surface area (Å²) in [6.45, 7) is 3.52. The first-order valence-corrected chi connectivity index (χ1v) is 8.12. The lowest BCUT2D eigenvalue weighted by atomic mass is 10.00. The Morgan fingerprint density at radius 1 is 1.10 bits per heavy atom. The fourth-order valence-electron chi connectivity index (χ4n) is 2.23. The molecule has 0 fully saturated rings. The highest BCUT2D eigenvalue weighted by molar-refractivity contribution is 9.10. The Balaban J connectivity index is 2.11. The second-order valence-corrected chi connectivity index (χ2v) is 5.90. The minimum Gasteiger partial charge on any atom is -0.377 e. The first kappa shape index (κ1) is 16.2. The van der Waals surface area contributed by atoms with Gasteiger partial charge in [-0.05, 0) is 51.2 Å². The van der Waals surface area contributed by atoms with E-state index >= 15 is 0 Å². The smallest absolute Gasteiger partial charge is 0.137 e. The maximum absolute atomic E-state index is 13.7. The largest absolute Gasteiger partial charge is 0.377 e. The summed E-state index contributed by atoms with van der Waals surface area (Å²) in [5, 5.41) is 0. The van der Waals surface area contributed by atoms with Crippen LogP contribution in [0.4, 0.5) is 4.39 Å². The van der Waals surface area contributed by atoms with E-state index in [4.69, 9.17) is 4.74 Å². The molecule has 0 saturated carbocycles. The van der Waals surface area contributed by atoms with E-state index < -0.39 is 0 Å². The minimum atomic E-state index is -0.244. The summed E-state index contributed by atoms with van der Waals surface area (Å²) in [7, 11) is 0. The lowest BCUT2D eigenvalue weighted by Crippen LogP contribution is -1.97. The van der Waals surface area contributed by atoms with Gasteiger partial charge >= 0.3 is 0 Å². The highest BCUT2D eigenvalue weighted by Crippen LogP contribution is 2.27. The van der Waals surface area contributed by atoms with Gasteiger partial charge in [0.2, 0.25) is 0 Å². The normalized spacial score (nSPS) is 10.8. The van der Waals surface area contributed by atoms with Gasteiger partial charge < -0.3 is 4.74 Å². The number of rotatable bonds is 7. The Bertz CT molecular complexity index is 583. The Hall–Kier alpha value is -1.19. The van der Waals surface area contributed by atoms with Crippen LogP contribution in [-0.4, -0.2) is 6.61 Å². The van der Waals surface area contributed by atoms with Crippen LogP contribution >= 0.6 is 15.9 Å². The average molecular weight is 351 g/mol. The number of ether oxygens (including phenoxy) is 1. The van der Waals surface area contributed by atoms with E-state index in [1.54, 1.807) is 12.1 Å². The maximum atomic E-state index is 13.7. The van der Waals surface area contributed by atoms with Crippen molar-refractivity contribution in [3.63, 3.8) is 0 Å². The zero-order valence-electron chi connectivity index (χ0n) is 12.2. The van der Waals surface area contributed by atoms with Crippen molar-refractivity contribution in [1.29, 1.82) is 0 Å². The van der Waals surface area contributed by atoms with Crippen LogP contribution in [0.1, 0.15) is 31.7 Å². The third kappa shape index (κ3) is 4.65. The van der Waals surface area contributed by atoms with Gasteiger partial charge in [-0.3, -0.25) is 0 Å². The van der Waals surface area contributed by atoms with Crippen LogP contribution in [0.3, 0.4) is 0 Å². The molecular weight excluding hydrogens is 331 g/mol. The van der Waals surface area contributed by atoms with Crippen LogP contribution < -0.4 is 0 Å². The Morgan fingerprint density at radius 2 is 1.90 bits per heavy atom. The van der Waals surface area contributed by atoms with Crippen LogP contribution in [0.5, 0.6) is 0 Å². The minimum absolute atomic E-state index is 0.244. The molecule has 0 aromatic heterocycles. The van der Waals surface area contributed by atoms with Crippen molar-refractivity contribution in [1.82, 2.24) is 0 Å². The molecule has 112 valence electrons. The lowest BCUT2D eigenvalue weighted by Gasteiger charge is -2.11. The summed E-state index contributed by atoms with van der Waals surface area (Å²) < 4.78 is 19.9. The highest BCUT2D eigenvalue weighted by Gasteiger charge is 2.07. The topological polar surface area (TPSA) is 9.23 Å². The van der Waals surface area contributed by atoms with E-state index in [1.807, 2.05) is 30.3 Å². The van der Waals surface area contributed by atoms with E-state index in [9.17, 15) is 4.39 Å². The van der Waals surface area contributed by atoms with E-state index in [2.05, 4.69) is 22.9 Å². The quantitative estimate of drug-likeness (QED) is 0.559. The van der Waals surface area contributed by atoms with Crippen LogP contribution in [0.2, 0.25) is 0 Å². The molecule has 0 radical (unpaired) electrons. The second kappa shape index (κ2) is 8.30. The van der Waals surface area contributed by atoms with E-state index in [-0.39, 0.29) is 5.82 Å². The molecule has 1 nitrogen and oxygen atoms in total. The van der Waals surface area contributed by atoms with Crippen molar-refractivity contribution in [2.45, 2.75) is 32.8 Å². The highest BCUT2D eigenvalue weighted by atomic mass is 79.9. The average Bonchev–Trinajstić information content (AvgIpc) is 2.50. The number of halogens is 2. The molecule has 0 aliphatic carbocycles. The molecule has 0 aliphatic rings. The lowest BCUT2D eigenvalue weighted by molar-refractivity contribution is 0.117. The van der Waals surface area contributed by atoms with E-state index in [0.29, 0.717) is 11.1 Å². The summed E-state index contributed by atoms with van der Waals surface area (Å²) in [6.07, 6.45) is 3.48. The van der Waals surface area contributed by atoms with Gasteiger partial charge in [0.1, 0.15) is 5.82 Å². The van der Waals surface area contributed by atoms with Gasteiger partial charge in [0.25, 0.3) is 0 Å². The first-order valence-electron chi connectivity index (χ1n) is 7.33. The van der Waals surface area contributed by atoms with Gasteiger partial charge in [0.15, 0.2) is 0 Å². The molecule has 0 saturated heterocycles. The monoisotopic (exact) mass is 350 g/mol. The van der Waals surface area contributed by atoms with Crippen molar-refractivity contribution in [2.24, 2.45) is 0 Å². The van der Waals surface area contributed by atoms with E-state index in [0.717, 1.165) is 29.7 Å². The number of hydrogen-bond acceptors (Lipinski definition) is 1. The van der Waals surface area contributed by atoms with Crippen molar-refractivity contribution >= 4 is 15.9 Å². The third-order valence-electron chi connectivity index (χ3n) is 3.40. The summed E-state index contributed by atoms with van der Waals surface area (Å²) in [6, 6.07) is 13.2. The van der Waals surface area contributed by atoms with Gasteiger partial charge in [-0.2, -0.15) is 0 Å². The van der Waals surface area contributed by atoms with Gasteiger partial charge in [-0.25, -0.2) is 4.39 Å². The molecule has 0 spiro atoms. The predicted octanol–water partition coefficient (Wildman–Crippen LogP) is 5.96. The first-order chi connectivity index (χ1) is 10.2. The van der Waals surface area contributed by atoms with Gasteiger partial charge in [-0.15, -0.1) is 0 Å². The molecule has 0 amide bonds. The summed E-state index contributed by atoms with van der Waals surface area (Å²) >= 11 is 3.19. The fraction of sp³-hybridized carbons (Fsp3) is 0.333. The molecule has 3 heteroatoms. The molecular formula is C18H20BrFO. The fourth-order valence-corrected chi connectivity index (χ4v) is 2.47. The van der Waals surface area contributed by atoms with Gasteiger partial charge in [0, 0.05) is 6.61 Å². The van der Waals surface area contributed by atoms with Crippen molar-refractivity contribution in [2.75, 3.05) is 6.61 Å². The molecule has 2 aromatic rings. The maximum Gasteiger partial charge on any atom is 0.137 e. The molecule has 2 aromatic carbocycles. The summed E-state index contributed by atoms with van der Waals surface area (Å²) in [5.74, 6) is -0.244. The molecule has 2 rings (SSSR count).